The van der Waals surface area contributed by atoms with Gasteiger partial charge in [-0.25, -0.2) is 0 Å². The number of hydrogen-bond donors (Lipinski definition) is 0. The van der Waals surface area contributed by atoms with E-state index in [4.69, 9.17) is 16.3 Å². The summed E-state index contributed by atoms with van der Waals surface area (Å²) in [7, 11) is 0. The van der Waals surface area contributed by atoms with Crippen LogP contribution >= 0.6 is 11.6 Å². The van der Waals surface area contributed by atoms with Gasteiger partial charge in [0.15, 0.2) is 11.5 Å². The molecule has 0 saturated heterocycles. The average Bonchev–Trinajstić information content (AvgIpc) is 3.02. The number of Topliss-reactive ketones (excluding diaryl/α,β-unsaturated/α-hetero) is 1. The number of benzene rings is 2. The van der Waals surface area contributed by atoms with Gasteiger partial charge >= 0.3 is 0 Å². The van der Waals surface area contributed by atoms with Crippen molar-refractivity contribution in [2.75, 3.05) is 0 Å². The van der Waals surface area contributed by atoms with Crippen molar-refractivity contribution in [1.29, 1.82) is 0 Å². The smallest absolute Gasteiger partial charge is 0.290 e. The summed E-state index contributed by atoms with van der Waals surface area (Å²) in [6, 6.07) is 16.8. The number of carbonyl (C=O) groups excluding carboxylic acids is 2. The van der Waals surface area contributed by atoms with E-state index in [0.29, 0.717) is 23.1 Å². The second kappa shape index (κ2) is 7.59. The fourth-order valence-electron chi connectivity index (χ4n) is 5.06. The topological polar surface area (TPSA) is 46.6 Å². The maximum absolute atomic E-state index is 13.6. The van der Waals surface area contributed by atoms with Crippen molar-refractivity contribution in [1.82, 2.24) is 4.90 Å². The van der Waals surface area contributed by atoms with Crippen molar-refractivity contribution in [2.45, 2.75) is 44.9 Å². The summed E-state index contributed by atoms with van der Waals surface area (Å²) in [6.45, 7) is 2.61. The Morgan fingerprint density at radius 3 is 2.50 bits per heavy atom. The second-order valence-electron chi connectivity index (χ2n) is 8.66. The lowest BCUT2D eigenvalue weighted by atomic mass is 9.74. The summed E-state index contributed by atoms with van der Waals surface area (Å²) < 4.78 is 6.23. The van der Waals surface area contributed by atoms with Gasteiger partial charge in [-0.15, -0.1) is 0 Å². The first-order valence-electron chi connectivity index (χ1n) is 10.6. The van der Waals surface area contributed by atoms with Gasteiger partial charge in [0.25, 0.3) is 5.91 Å². The minimum atomic E-state index is -0.448. The van der Waals surface area contributed by atoms with Crippen LogP contribution in [0.5, 0.6) is 0 Å². The molecule has 30 heavy (non-hydrogen) atoms. The molecule has 5 heteroatoms. The molecule has 2 aromatic carbocycles. The standard InChI is InChI=1S/C25H24ClNO3/c1-15-7-12-20-19(13-15)23(28)21-22(17-8-10-18(26)11-9-17)27(25(29)24(21)30-20)14-16-5-3-2-4-6-16/h2-6,8-11,15,19-20,22H,7,12-14H2,1H3. The zero-order valence-corrected chi connectivity index (χ0v) is 17.6. The lowest BCUT2D eigenvalue weighted by Crippen LogP contribution is -2.41. The molecule has 3 aliphatic rings. The van der Waals surface area contributed by atoms with E-state index < -0.39 is 6.04 Å². The lowest BCUT2D eigenvalue weighted by molar-refractivity contribution is -0.136. The van der Waals surface area contributed by atoms with Crippen LogP contribution in [-0.4, -0.2) is 22.7 Å². The van der Waals surface area contributed by atoms with Crippen LogP contribution < -0.4 is 0 Å². The quantitative estimate of drug-likeness (QED) is 0.694. The molecule has 5 rings (SSSR count). The average molecular weight is 422 g/mol. The first-order valence-corrected chi connectivity index (χ1v) is 11.0. The number of carbonyl (C=O) groups is 2. The van der Waals surface area contributed by atoms with Gasteiger partial charge in [-0.3, -0.25) is 9.59 Å². The van der Waals surface area contributed by atoms with E-state index in [-0.39, 0.29) is 29.5 Å². The van der Waals surface area contributed by atoms with Crippen molar-refractivity contribution < 1.29 is 14.3 Å². The first kappa shape index (κ1) is 19.4. The van der Waals surface area contributed by atoms with Gasteiger partial charge in [0.05, 0.1) is 17.5 Å². The van der Waals surface area contributed by atoms with E-state index in [1.807, 2.05) is 42.5 Å². The zero-order chi connectivity index (χ0) is 20.8. The number of nitrogens with zero attached hydrogens (tertiary/aromatic N) is 1. The highest BCUT2D eigenvalue weighted by atomic mass is 35.5. The van der Waals surface area contributed by atoms with Crippen molar-refractivity contribution in [3.63, 3.8) is 0 Å². The van der Waals surface area contributed by atoms with Crippen molar-refractivity contribution in [3.8, 4) is 0 Å². The normalized spacial score (nSPS) is 28.3. The van der Waals surface area contributed by atoms with E-state index in [1.54, 1.807) is 17.0 Å². The molecule has 4 atom stereocenters. The highest BCUT2D eigenvalue weighted by Gasteiger charge is 2.52. The Kier molecular flexibility index (Phi) is 4.90. The van der Waals surface area contributed by atoms with Crippen LogP contribution in [0.15, 0.2) is 65.9 Å². The van der Waals surface area contributed by atoms with Gasteiger partial charge in [0.2, 0.25) is 0 Å². The number of fused-ring (bicyclic) bond motifs is 1. The van der Waals surface area contributed by atoms with E-state index >= 15 is 0 Å². The number of ketones is 1. The Morgan fingerprint density at radius 2 is 1.77 bits per heavy atom. The number of rotatable bonds is 3. The van der Waals surface area contributed by atoms with Gasteiger partial charge in [-0.2, -0.15) is 0 Å². The summed E-state index contributed by atoms with van der Waals surface area (Å²) >= 11 is 6.10. The van der Waals surface area contributed by atoms with Crippen LogP contribution in [0.2, 0.25) is 5.02 Å². The third kappa shape index (κ3) is 3.24. The Balaban J connectivity index is 1.58. The molecule has 1 fully saturated rings. The maximum atomic E-state index is 13.6. The Labute approximate surface area is 181 Å². The van der Waals surface area contributed by atoms with E-state index in [1.165, 1.54) is 0 Å². The molecule has 0 radical (unpaired) electrons. The lowest BCUT2D eigenvalue weighted by Gasteiger charge is -2.37. The Morgan fingerprint density at radius 1 is 1.03 bits per heavy atom. The monoisotopic (exact) mass is 421 g/mol. The fourth-order valence-corrected chi connectivity index (χ4v) is 5.19. The molecular weight excluding hydrogens is 398 g/mol. The largest absolute Gasteiger partial charge is 0.483 e. The molecule has 154 valence electrons. The Hall–Kier alpha value is -2.59. The highest BCUT2D eigenvalue weighted by molar-refractivity contribution is 6.30. The first-order chi connectivity index (χ1) is 14.5. The van der Waals surface area contributed by atoms with Crippen LogP contribution in [0, 0.1) is 11.8 Å². The van der Waals surface area contributed by atoms with E-state index in [9.17, 15) is 9.59 Å². The van der Waals surface area contributed by atoms with E-state index in [0.717, 1.165) is 30.4 Å². The van der Waals surface area contributed by atoms with Crippen LogP contribution in [-0.2, 0) is 20.9 Å². The summed E-state index contributed by atoms with van der Waals surface area (Å²) in [4.78, 5) is 28.8. The van der Waals surface area contributed by atoms with Gasteiger partial charge in [-0.1, -0.05) is 61.0 Å². The summed E-state index contributed by atoms with van der Waals surface area (Å²) in [5.74, 6) is 0.474. The molecule has 2 heterocycles. The molecular formula is C25H24ClNO3. The van der Waals surface area contributed by atoms with Crippen molar-refractivity contribution in [3.05, 3.63) is 82.1 Å². The molecule has 0 bridgehead atoms. The summed E-state index contributed by atoms with van der Waals surface area (Å²) in [5.41, 5.74) is 2.42. The second-order valence-corrected chi connectivity index (χ2v) is 9.10. The van der Waals surface area contributed by atoms with Gasteiger partial charge in [0, 0.05) is 11.6 Å². The van der Waals surface area contributed by atoms with Gasteiger partial charge < -0.3 is 9.64 Å². The van der Waals surface area contributed by atoms with Crippen LogP contribution in [0.4, 0.5) is 0 Å². The van der Waals surface area contributed by atoms with Crippen LogP contribution in [0.3, 0.4) is 0 Å². The molecule has 4 nitrogen and oxygen atoms in total. The molecule has 1 aliphatic carbocycles. The zero-order valence-electron chi connectivity index (χ0n) is 16.9. The Bertz CT molecular complexity index is 1010. The molecule has 2 aliphatic heterocycles. The van der Waals surface area contributed by atoms with Crippen molar-refractivity contribution in [2.24, 2.45) is 11.8 Å². The van der Waals surface area contributed by atoms with Gasteiger partial charge in [0.1, 0.15) is 6.10 Å². The summed E-state index contributed by atoms with van der Waals surface area (Å²) in [5, 5.41) is 0.624. The fraction of sp³-hybridized carbons (Fsp3) is 0.360. The minimum Gasteiger partial charge on any atom is -0.483 e. The molecule has 2 aromatic rings. The highest BCUT2D eigenvalue weighted by Crippen LogP contribution is 2.48. The van der Waals surface area contributed by atoms with Crippen molar-refractivity contribution >= 4 is 23.3 Å². The van der Waals surface area contributed by atoms with Crippen LogP contribution in [0.1, 0.15) is 43.4 Å². The predicted molar refractivity (Wildman–Crippen MR) is 115 cm³/mol. The predicted octanol–water partition coefficient (Wildman–Crippen LogP) is 5.08. The SMILES string of the molecule is CC1CCC2OC3=C(C(=O)C2C1)C(c1ccc(Cl)cc1)N(Cc1ccccc1)C3=O. The third-order valence-corrected chi connectivity index (χ3v) is 6.84. The third-order valence-electron chi connectivity index (χ3n) is 6.59. The maximum Gasteiger partial charge on any atom is 0.290 e. The molecule has 0 N–H and O–H groups in total. The summed E-state index contributed by atoms with van der Waals surface area (Å²) in [6.07, 6.45) is 2.49. The number of hydrogen-bond acceptors (Lipinski definition) is 3. The molecule has 0 aromatic heterocycles. The molecule has 1 saturated carbocycles. The minimum absolute atomic E-state index is 0.0802. The number of amides is 1. The molecule has 4 unspecified atom stereocenters. The molecule has 1 amide bonds. The van der Waals surface area contributed by atoms with Crippen LogP contribution in [0.25, 0.3) is 0 Å². The van der Waals surface area contributed by atoms with Gasteiger partial charge in [-0.05, 0) is 48.4 Å². The number of ether oxygens (including phenoxy) is 1. The number of halogens is 1. The van der Waals surface area contributed by atoms with E-state index in [2.05, 4.69) is 6.92 Å². The molecule has 0 spiro atoms.